The van der Waals surface area contributed by atoms with Gasteiger partial charge in [0.2, 0.25) is 0 Å². The highest BCUT2D eigenvalue weighted by Gasteiger charge is 2.21. The minimum atomic E-state index is -0.461. The van der Waals surface area contributed by atoms with E-state index < -0.39 is 11.9 Å². The van der Waals surface area contributed by atoms with Crippen molar-refractivity contribution < 1.29 is 19.1 Å². The number of esters is 2. The Morgan fingerprint density at radius 3 is 2.65 bits per heavy atom. The Morgan fingerprint density at radius 1 is 1.25 bits per heavy atom. The third-order valence-electron chi connectivity index (χ3n) is 2.72. The lowest BCUT2D eigenvalue weighted by Crippen LogP contribution is -2.13. The summed E-state index contributed by atoms with van der Waals surface area (Å²) in [4.78, 5) is 24.0. The Labute approximate surface area is 117 Å². The first-order chi connectivity index (χ1) is 9.54. The van der Waals surface area contributed by atoms with Crippen LogP contribution in [-0.4, -0.2) is 29.1 Å². The molecule has 0 aromatic carbocycles. The van der Waals surface area contributed by atoms with E-state index in [1.807, 2.05) is 0 Å². The smallest absolute Gasteiger partial charge is 0.355 e. The highest BCUT2D eigenvalue weighted by molar-refractivity contribution is 6.01. The molecule has 0 fully saturated rings. The second-order valence-corrected chi connectivity index (χ2v) is 4.57. The first kappa shape index (κ1) is 14.1. The van der Waals surface area contributed by atoms with Crippen molar-refractivity contribution in [1.82, 2.24) is 4.40 Å². The van der Waals surface area contributed by atoms with Crippen LogP contribution in [0.3, 0.4) is 0 Å². The zero-order valence-electron chi connectivity index (χ0n) is 11.8. The lowest BCUT2D eigenvalue weighted by molar-refractivity contribution is 0.0369. The summed E-state index contributed by atoms with van der Waals surface area (Å²) in [6.45, 7) is 5.58. The third kappa shape index (κ3) is 2.66. The first-order valence-electron chi connectivity index (χ1n) is 6.52. The molecule has 0 spiro atoms. The summed E-state index contributed by atoms with van der Waals surface area (Å²) < 4.78 is 11.8. The van der Waals surface area contributed by atoms with Gasteiger partial charge < -0.3 is 13.9 Å². The van der Waals surface area contributed by atoms with Gasteiger partial charge in [0.25, 0.3) is 0 Å². The number of carbonyl (C=O) groups is 2. The molecule has 0 radical (unpaired) electrons. The van der Waals surface area contributed by atoms with Gasteiger partial charge in [0.15, 0.2) is 0 Å². The number of rotatable bonds is 4. The molecule has 5 heteroatoms. The molecule has 0 aliphatic heterocycles. The van der Waals surface area contributed by atoms with E-state index in [0.717, 1.165) is 0 Å². The maximum atomic E-state index is 12.1. The minimum absolute atomic E-state index is 0.220. The van der Waals surface area contributed by atoms with Gasteiger partial charge in [0, 0.05) is 6.20 Å². The molecule has 0 saturated heterocycles. The van der Waals surface area contributed by atoms with Crippen LogP contribution in [0.4, 0.5) is 0 Å². The predicted molar refractivity (Wildman–Crippen MR) is 73.9 cm³/mol. The quantitative estimate of drug-likeness (QED) is 0.805. The Hall–Kier alpha value is -2.30. The molecule has 0 unspecified atom stereocenters. The summed E-state index contributed by atoms with van der Waals surface area (Å²) in [5, 5.41) is 0. The van der Waals surface area contributed by atoms with Gasteiger partial charge in [-0.2, -0.15) is 0 Å². The molecule has 0 atom stereocenters. The van der Waals surface area contributed by atoms with Crippen LogP contribution in [0, 0.1) is 0 Å². The molecule has 2 rings (SSSR count). The molecule has 5 nitrogen and oxygen atoms in total. The van der Waals surface area contributed by atoms with Gasteiger partial charge in [-0.1, -0.05) is 6.07 Å². The number of hydrogen-bond acceptors (Lipinski definition) is 4. The third-order valence-corrected chi connectivity index (χ3v) is 2.72. The first-order valence-corrected chi connectivity index (χ1v) is 6.52. The van der Waals surface area contributed by atoms with Gasteiger partial charge in [0.1, 0.15) is 5.69 Å². The fraction of sp³-hybridized carbons (Fsp3) is 0.333. The molecule has 0 saturated carbocycles. The molecule has 2 heterocycles. The van der Waals surface area contributed by atoms with E-state index in [0.29, 0.717) is 16.8 Å². The van der Waals surface area contributed by atoms with E-state index in [-0.39, 0.29) is 12.7 Å². The molecule has 2 aromatic rings. The number of hydrogen-bond donors (Lipinski definition) is 0. The van der Waals surface area contributed by atoms with Crippen molar-refractivity contribution in [2.75, 3.05) is 6.61 Å². The summed E-state index contributed by atoms with van der Waals surface area (Å²) in [7, 11) is 0. The molecule has 0 aliphatic carbocycles. The van der Waals surface area contributed by atoms with Crippen LogP contribution in [0.5, 0.6) is 0 Å². The van der Waals surface area contributed by atoms with Crippen molar-refractivity contribution in [3.8, 4) is 0 Å². The molecule has 0 bridgehead atoms. The van der Waals surface area contributed by atoms with Crippen LogP contribution >= 0.6 is 0 Å². The minimum Gasteiger partial charge on any atom is -0.462 e. The standard InChI is InChI=1S/C15H17NO4/c1-4-19-14(17)11-9-13(15(18)20-10(2)3)16-8-6-5-7-12(11)16/h5-10H,4H2,1-3H3. The summed E-state index contributed by atoms with van der Waals surface area (Å²) in [5.41, 5.74) is 1.31. The molecule has 0 amide bonds. The van der Waals surface area contributed by atoms with E-state index in [4.69, 9.17) is 9.47 Å². The van der Waals surface area contributed by atoms with Crippen LogP contribution in [0.25, 0.3) is 5.52 Å². The second-order valence-electron chi connectivity index (χ2n) is 4.57. The number of ether oxygens (including phenoxy) is 2. The molecule has 106 valence electrons. The maximum absolute atomic E-state index is 12.1. The van der Waals surface area contributed by atoms with Crippen molar-refractivity contribution in [3.05, 3.63) is 41.7 Å². The van der Waals surface area contributed by atoms with Crippen LogP contribution in [-0.2, 0) is 9.47 Å². The Morgan fingerprint density at radius 2 is 2.00 bits per heavy atom. The van der Waals surface area contributed by atoms with E-state index in [1.54, 1.807) is 49.6 Å². The lowest BCUT2D eigenvalue weighted by atomic mass is 10.2. The lowest BCUT2D eigenvalue weighted by Gasteiger charge is -2.07. The van der Waals surface area contributed by atoms with Crippen molar-refractivity contribution in [1.29, 1.82) is 0 Å². The van der Waals surface area contributed by atoms with Gasteiger partial charge in [-0.3, -0.25) is 0 Å². The normalized spacial score (nSPS) is 10.8. The SMILES string of the molecule is CCOC(=O)c1cc(C(=O)OC(C)C)n2ccccc12. The predicted octanol–water partition coefficient (Wildman–Crippen LogP) is 2.68. The molecule has 0 aliphatic rings. The topological polar surface area (TPSA) is 57.0 Å². The van der Waals surface area contributed by atoms with Gasteiger partial charge in [-0.15, -0.1) is 0 Å². The van der Waals surface area contributed by atoms with Gasteiger partial charge in [-0.25, -0.2) is 9.59 Å². The average molecular weight is 275 g/mol. The molecule has 0 N–H and O–H groups in total. The van der Waals surface area contributed by atoms with Crippen molar-refractivity contribution in [3.63, 3.8) is 0 Å². The highest BCUT2D eigenvalue weighted by Crippen LogP contribution is 2.19. The summed E-state index contributed by atoms with van der Waals surface area (Å²) in [6.07, 6.45) is 1.50. The van der Waals surface area contributed by atoms with Gasteiger partial charge in [0.05, 0.1) is 23.8 Å². The Balaban J connectivity index is 2.51. The summed E-state index contributed by atoms with van der Waals surface area (Å²) >= 11 is 0. The van der Waals surface area contributed by atoms with Crippen molar-refractivity contribution in [2.45, 2.75) is 26.9 Å². The van der Waals surface area contributed by atoms with E-state index in [2.05, 4.69) is 0 Å². The van der Waals surface area contributed by atoms with Crippen molar-refractivity contribution >= 4 is 17.5 Å². The number of aromatic nitrogens is 1. The maximum Gasteiger partial charge on any atom is 0.355 e. The molecular formula is C15H17NO4. The van der Waals surface area contributed by atoms with Crippen LogP contribution in [0.15, 0.2) is 30.5 Å². The van der Waals surface area contributed by atoms with E-state index in [1.165, 1.54) is 6.07 Å². The number of fused-ring (bicyclic) bond motifs is 1. The Kier molecular flexibility index (Phi) is 4.08. The Bertz CT molecular complexity index is 642. The summed E-state index contributed by atoms with van der Waals surface area (Å²) in [5.74, 6) is -0.906. The number of carbonyl (C=O) groups excluding carboxylic acids is 2. The molecule has 20 heavy (non-hydrogen) atoms. The van der Waals surface area contributed by atoms with Crippen LogP contribution < -0.4 is 0 Å². The second kappa shape index (κ2) is 5.77. The summed E-state index contributed by atoms with van der Waals surface area (Å²) in [6, 6.07) is 6.86. The highest BCUT2D eigenvalue weighted by atomic mass is 16.5. The fourth-order valence-electron chi connectivity index (χ4n) is 1.96. The average Bonchev–Trinajstić information content (AvgIpc) is 2.78. The van der Waals surface area contributed by atoms with E-state index in [9.17, 15) is 9.59 Å². The zero-order valence-corrected chi connectivity index (χ0v) is 11.8. The number of nitrogens with zero attached hydrogens (tertiary/aromatic N) is 1. The zero-order chi connectivity index (χ0) is 14.7. The molecule has 2 aromatic heterocycles. The fourth-order valence-corrected chi connectivity index (χ4v) is 1.96. The van der Waals surface area contributed by atoms with Gasteiger partial charge in [-0.05, 0) is 39.0 Å². The van der Waals surface area contributed by atoms with Crippen LogP contribution in [0.1, 0.15) is 41.6 Å². The van der Waals surface area contributed by atoms with Gasteiger partial charge >= 0.3 is 11.9 Å². The van der Waals surface area contributed by atoms with Crippen molar-refractivity contribution in [2.24, 2.45) is 0 Å². The monoisotopic (exact) mass is 275 g/mol. The number of pyridine rings is 1. The van der Waals surface area contributed by atoms with E-state index >= 15 is 0 Å². The molecular weight excluding hydrogens is 258 g/mol. The van der Waals surface area contributed by atoms with Crippen LogP contribution in [0.2, 0.25) is 0 Å². The largest absolute Gasteiger partial charge is 0.462 e.